The molecule has 128 valence electrons. The van der Waals surface area contributed by atoms with Crippen LogP contribution in [-0.4, -0.2) is 20.1 Å². The topological polar surface area (TPSA) is 70.2 Å². The Hall–Kier alpha value is -2.10. The minimum atomic E-state index is -3.53. The monoisotopic (exact) mass is 371 g/mol. The van der Waals surface area contributed by atoms with Crippen molar-refractivity contribution in [2.45, 2.75) is 11.8 Å². The Morgan fingerprint density at radius 3 is 2.33 bits per heavy atom. The summed E-state index contributed by atoms with van der Waals surface area (Å²) in [6.07, 6.45) is 0. The minimum Gasteiger partial charge on any atom is -0.332 e. The van der Waals surface area contributed by atoms with Crippen molar-refractivity contribution in [3.8, 4) is 0 Å². The molecule has 0 aliphatic rings. The van der Waals surface area contributed by atoms with Gasteiger partial charge >= 0.3 is 0 Å². The zero-order valence-corrected chi connectivity index (χ0v) is 14.3. The molecule has 0 aliphatic carbocycles. The molecule has 5 nitrogen and oxygen atoms in total. The van der Waals surface area contributed by atoms with Gasteiger partial charge in [-0.15, -0.1) is 0 Å². The SMILES string of the molecule is CCNS(=O)(=O)c1ccc(NC(=S)Nc2ccc(F)cc2F)cc1. The first kappa shape index (κ1) is 18.2. The van der Waals surface area contributed by atoms with Crippen LogP contribution in [0.5, 0.6) is 0 Å². The molecule has 0 radical (unpaired) electrons. The lowest BCUT2D eigenvalue weighted by Crippen LogP contribution is -2.23. The summed E-state index contributed by atoms with van der Waals surface area (Å²) in [5.41, 5.74) is 0.547. The van der Waals surface area contributed by atoms with Crippen LogP contribution in [0.1, 0.15) is 6.92 Å². The molecule has 0 unspecified atom stereocenters. The number of nitrogens with one attached hydrogen (secondary N) is 3. The molecule has 3 N–H and O–H groups in total. The highest BCUT2D eigenvalue weighted by Crippen LogP contribution is 2.17. The number of benzene rings is 2. The first-order chi connectivity index (χ1) is 11.3. The maximum Gasteiger partial charge on any atom is 0.240 e. The normalized spacial score (nSPS) is 11.1. The van der Waals surface area contributed by atoms with Gasteiger partial charge in [-0.2, -0.15) is 0 Å². The Balaban J connectivity index is 2.04. The van der Waals surface area contributed by atoms with Crippen LogP contribution in [0.3, 0.4) is 0 Å². The van der Waals surface area contributed by atoms with Crippen molar-refractivity contribution in [1.29, 1.82) is 0 Å². The van der Waals surface area contributed by atoms with Gasteiger partial charge in [0, 0.05) is 18.3 Å². The first-order valence-electron chi connectivity index (χ1n) is 6.94. The zero-order valence-electron chi connectivity index (χ0n) is 12.6. The van der Waals surface area contributed by atoms with E-state index in [0.717, 1.165) is 12.1 Å². The average Bonchev–Trinajstić information content (AvgIpc) is 2.50. The molecule has 0 fully saturated rings. The van der Waals surface area contributed by atoms with Gasteiger partial charge in [0.2, 0.25) is 10.0 Å². The third kappa shape index (κ3) is 4.70. The molecule has 0 aliphatic heterocycles. The van der Waals surface area contributed by atoms with Gasteiger partial charge < -0.3 is 10.6 Å². The third-order valence-corrected chi connectivity index (χ3v) is 4.70. The van der Waals surface area contributed by atoms with Crippen LogP contribution in [0.25, 0.3) is 0 Å². The highest BCUT2D eigenvalue weighted by molar-refractivity contribution is 7.89. The standard InChI is InChI=1S/C15H15F2N3O2S2/c1-2-18-24(21,22)12-6-4-11(5-7-12)19-15(23)20-14-8-3-10(16)9-13(14)17/h3-9,18H,2H2,1H3,(H2,19,20,23). The number of rotatable bonds is 5. The summed E-state index contributed by atoms with van der Waals surface area (Å²) in [6, 6.07) is 8.96. The van der Waals surface area contributed by atoms with Crippen molar-refractivity contribution in [3.63, 3.8) is 0 Å². The van der Waals surface area contributed by atoms with Gasteiger partial charge in [-0.1, -0.05) is 6.92 Å². The molecule has 0 heterocycles. The molecule has 0 spiro atoms. The Kier molecular flexibility index (Phi) is 5.81. The van der Waals surface area contributed by atoms with E-state index in [1.807, 2.05) is 0 Å². The van der Waals surface area contributed by atoms with Crippen LogP contribution in [0.4, 0.5) is 20.2 Å². The van der Waals surface area contributed by atoms with E-state index in [9.17, 15) is 17.2 Å². The number of anilines is 2. The van der Waals surface area contributed by atoms with Crippen molar-refractivity contribution in [1.82, 2.24) is 4.72 Å². The largest absolute Gasteiger partial charge is 0.332 e. The second-order valence-electron chi connectivity index (χ2n) is 4.73. The summed E-state index contributed by atoms with van der Waals surface area (Å²) < 4.78 is 52.4. The molecule has 2 aromatic rings. The van der Waals surface area contributed by atoms with Gasteiger partial charge in [0.25, 0.3) is 0 Å². The van der Waals surface area contributed by atoms with Crippen LogP contribution in [-0.2, 0) is 10.0 Å². The van der Waals surface area contributed by atoms with Crippen molar-refractivity contribution in [2.75, 3.05) is 17.2 Å². The molecule has 2 aromatic carbocycles. The molecule has 0 saturated heterocycles. The van der Waals surface area contributed by atoms with Crippen LogP contribution >= 0.6 is 12.2 Å². The Morgan fingerprint density at radius 1 is 1.08 bits per heavy atom. The lowest BCUT2D eigenvalue weighted by atomic mass is 10.3. The van der Waals surface area contributed by atoms with E-state index in [1.165, 1.54) is 30.3 Å². The summed E-state index contributed by atoms with van der Waals surface area (Å²) in [4.78, 5) is 0.123. The summed E-state index contributed by atoms with van der Waals surface area (Å²) in [5.74, 6) is -1.46. The van der Waals surface area contributed by atoms with Gasteiger partial charge in [0.1, 0.15) is 11.6 Å². The summed E-state index contributed by atoms with van der Waals surface area (Å²) in [6.45, 7) is 1.98. The first-order valence-corrected chi connectivity index (χ1v) is 8.84. The summed E-state index contributed by atoms with van der Waals surface area (Å²) in [5, 5.41) is 5.47. The number of thiocarbonyl (C=S) groups is 1. The fraction of sp³-hybridized carbons (Fsp3) is 0.133. The van der Waals surface area contributed by atoms with E-state index in [0.29, 0.717) is 12.2 Å². The smallest absolute Gasteiger partial charge is 0.240 e. The molecule has 0 bridgehead atoms. The van der Waals surface area contributed by atoms with Crippen molar-refractivity contribution >= 4 is 38.7 Å². The van der Waals surface area contributed by atoms with E-state index in [2.05, 4.69) is 15.4 Å². The number of halogens is 2. The second-order valence-corrected chi connectivity index (χ2v) is 6.90. The third-order valence-electron chi connectivity index (χ3n) is 2.94. The number of hydrogen-bond donors (Lipinski definition) is 3. The van der Waals surface area contributed by atoms with Gasteiger partial charge in [0.05, 0.1) is 10.6 Å². The maximum atomic E-state index is 13.5. The van der Waals surface area contributed by atoms with Crippen molar-refractivity contribution in [2.24, 2.45) is 0 Å². The fourth-order valence-corrected chi connectivity index (χ4v) is 3.14. The highest BCUT2D eigenvalue weighted by Gasteiger charge is 2.12. The molecule has 0 saturated carbocycles. The van der Waals surface area contributed by atoms with Crippen molar-refractivity contribution < 1.29 is 17.2 Å². The Bertz CT molecular complexity index is 840. The summed E-state index contributed by atoms with van der Waals surface area (Å²) >= 11 is 5.05. The van der Waals surface area contributed by atoms with Crippen molar-refractivity contribution in [3.05, 3.63) is 54.1 Å². The molecular weight excluding hydrogens is 356 g/mol. The number of sulfonamides is 1. The molecule has 0 amide bonds. The Labute approximate surface area is 144 Å². The van der Waals surface area contributed by atoms with Crippen LogP contribution in [0, 0.1) is 11.6 Å². The van der Waals surface area contributed by atoms with Gasteiger partial charge in [-0.05, 0) is 48.6 Å². The fourth-order valence-electron chi connectivity index (χ4n) is 1.87. The van der Waals surface area contributed by atoms with E-state index < -0.39 is 21.7 Å². The second kappa shape index (κ2) is 7.65. The lowest BCUT2D eigenvalue weighted by molar-refractivity contribution is 0.583. The zero-order chi connectivity index (χ0) is 17.7. The molecular formula is C15H15F2N3O2S2. The van der Waals surface area contributed by atoms with Gasteiger partial charge in [-0.3, -0.25) is 0 Å². The van der Waals surface area contributed by atoms with Gasteiger partial charge in [0.15, 0.2) is 5.11 Å². The van der Waals surface area contributed by atoms with E-state index in [4.69, 9.17) is 12.2 Å². The predicted molar refractivity (Wildman–Crippen MR) is 93.5 cm³/mol. The quantitative estimate of drug-likeness (QED) is 0.705. The molecule has 9 heteroatoms. The highest BCUT2D eigenvalue weighted by atomic mass is 32.2. The Morgan fingerprint density at radius 2 is 1.75 bits per heavy atom. The summed E-state index contributed by atoms with van der Waals surface area (Å²) in [7, 11) is -3.53. The maximum absolute atomic E-state index is 13.5. The van der Waals surface area contributed by atoms with E-state index >= 15 is 0 Å². The van der Waals surface area contributed by atoms with Crippen LogP contribution in [0.2, 0.25) is 0 Å². The molecule has 24 heavy (non-hydrogen) atoms. The van der Waals surface area contributed by atoms with Crippen LogP contribution in [0.15, 0.2) is 47.4 Å². The molecule has 0 atom stereocenters. The average molecular weight is 371 g/mol. The minimum absolute atomic E-state index is 0.0280. The van der Waals surface area contributed by atoms with E-state index in [1.54, 1.807) is 6.92 Å². The molecule has 2 rings (SSSR count). The predicted octanol–water partition coefficient (Wildman–Crippen LogP) is 3.07. The lowest BCUT2D eigenvalue weighted by Gasteiger charge is -2.12. The number of hydrogen-bond acceptors (Lipinski definition) is 3. The molecule has 0 aromatic heterocycles. The van der Waals surface area contributed by atoms with E-state index in [-0.39, 0.29) is 15.7 Å². The van der Waals surface area contributed by atoms with Gasteiger partial charge in [-0.25, -0.2) is 21.9 Å². The van der Waals surface area contributed by atoms with Crippen LogP contribution < -0.4 is 15.4 Å².